The van der Waals surface area contributed by atoms with Crippen LogP contribution in [0.25, 0.3) is 0 Å². The van der Waals surface area contributed by atoms with Crippen LogP contribution in [-0.4, -0.2) is 27.3 Å². The lowest BCUT2D eigenvalue weighted by Gasteiger charge is -2.11. The summed E-state index contributed by atoms with van der Waals surface area (Å²) in [5, 5.41) is 8.47. The molecular formula is C8H11F3N4O. The van der Waals surface area contributed by atoms with Crippen molar-refractivity contribution in [3.63, 3.8) is 0 Å². The molecule has 0 saturated carbocycles. The number of aromatic nitrogens is 3. The van der Waals surface area contributed by atoms with Gasteiger partial charge in [-0.05, 0) is 6.92 Å². The third-order valence-corrected chi connectivity index (χ3v) is 1.86. The molecule has 0 fully saturated rings. The third kappa shape index (κ3) is 4.28. The summed E-state index contributed by atoms with van der Waals surface area (Å²) in [6.07, 6.45) is -4.76. The van der Waals surface area contributed by atoms with Crippen molar-refractivity contribution >= 4 is 5.91 Å². The molecule has 0 aromatic carbocycles. The molecule has 1 aromatic rings. The number of halogens is 3. The summed E-state index contributed by atoms with van der Waals surface area (Å²) in [6.45, 7) is 1.60. The highest BCUT2D eigenvalue weighted by Gasteiger charge is 2.28. The highest BCUT2D eigenvalue weighted by molar-refractivity contribution is 5.76. The molecule has 90 valence electrons. The maximum absolute atomic E-state index is 11.8. The zero-order valence-electron chi connectivity index (χ0n) is 8.51. The number of alkyl halides is 3. The average molecular weight is 236 g/mol. The first-order valence-corrected chi connectivity index (χ1v) is 4.60. The fourth-order valence-corrected chi connectivity index (χ4v) is 1.06. The van der Waals surface area contributed by atoms with Gasteiger partial charge in [-0.2, -0.15) is 18.3 Å². The van der Waals surface area contributed by atoms with Crippen LogP contribution in [0.2, 0.25) is 0 Å². The van der Waals surface area contributed by atoms with E-state index in [-0.39, 0.29) is 0 Å². The van der Waals surface area contributed by atoms with E-state index in [4.69, 9.17) is 0 Å². The van der Waals surface area contributed by atoms with Crippen LogP contribution in [0, 0.1) is 0 Å². The molecule has 1 atom stereocenters. The van der Waals surface area contributed by atoms with Gasteiger partial charge in [0.15, 0.2) is 0 Å². The Morgan fingerprint density at radius 1 is 1.62 bits per heavy atom. The van der Waals surface area contributed by atoms with Gasteiger partial charge in [-0.3, -0.25) is 9.89 Å². The van der Waals surface area contributed by atoms with Crippen molar-refractivity contribution in [1.82, 2.24) is 20.5 Å². The first-order valence-electron chi connectivity index (χ1n) is 4.60. The highest BCUT2D eigenvalue weighted by atomic mass is 19.4. The van der Waals surface area contributed by atoms with Crippen LogP contribution in [0.15, 0.2) is 6.33 Å². The van der Waals surface area contributed by atoms with E-state index in [1.54, 1.807) is 6.92 Å². The summed E-state index contributed by atoms with van der Waals surface area (Å²) in [6, 6.07) is -0.483. The Morgan fingerprint density at radius 2 is 2.31 bits per heavy atom. The van der Waals surface area contributed by atoms with E-state index >= 15 is 0 Å². The number of nitrogens with zero attached hydrogens (tertiary/aromatic N) is 2. The van der Waals surface area contributed by atoms with Crippen LogP contribution in [0.5, 0.6) is 0 Å². The Labute approximate surface area is 89.4 Å². The van der Waals surface area contributed by atoms with Crippen LogP contribution in [0.3, 0.4) is 0 Å². The van der Waals surface area contributed by atoms with E-state index in [1.165, 1.54) is 6.33 Å². The smallest absolute Gasteiger partial charge is 0.346 e. The van der Waals surface area contributed by atoms with Gasteiger partial charge >= 0.3 is 6.18 Å². The molecule has 1 rings (SSSR count). The van der Waals surface area contributed by atoms with E-state index < -0.39 is 31.0 Å². The molecule has 0 aliphatic carbocycles. The molecule has 0 bridgehead atoms. The van der Waals surface area contributed by atoms with Gasteiger partial charge in [0.05, 0.1) is 12.5 Å². The van der Waals surface area contributed by atoms with E-state index in [0.29, 0.717) is 5.82 Å². The van der Waals surface area contributed by atoms with Crippen molar-refractivity contribution < 1.29 is 18.0 Å². The van der Waals surface area contributed by atoms with Gasteiger partial charge in [0.1, 0.15) is 12.2 Å². The highest BCUT2D eigenvalue weighted by Crippen LogP contribution is 2.21. The number of rotatable bonds is 4. The minimum absolute atomic E-state index is 0.403. The van der Waals surface area contributed by atoms with E-state index in [1.807, 2.05) is 0 Å². The molecule has 1 aromatic heterocycles. The number of hydrogen-bond donors (Lipinski definition) is 2. The number of nitrogens with one attached hydrogen (secondary N) is 2. The quantitative estimate of drug-likeness (QED) is 0.828. The zero-order valence-corrected chi connectivity index (χ0v) is 8.51. The molecule has 2 N–H and O–H groups in total. The second-order valence-electron chi connectivity index (χ2n) is 3.28. The van der Waals surface area contributed by atoms with Crippen molar-refractivity contribution in [3.05, 3.63) is 12.2 Å². The number of carbonyl (C=O) groups is 1. The number of aromatic amines is 1. The maximum atomic E-state index is 11.8. The van der Waals surface area contributed by atoms with Crippen molar-refractivity contribution in [2.24, 2.45) is 0 Å². The molecule has 1 amide bonds. The second kappa shape index (κ2) is 4.95. The molecule has 8 heteroatoms. The summed E-state index contributed by atoms with van der Waals surface area (Å²) >= 11 is 0. The van der Waals surface area contributed by atoms with Crippen molar-refractivity contribution in [2.75, 3.05) is 0 Å². The van der Waals surface area contributed by atoms with Gasteiger partial charge in [-0.1, -0.05) is 0 Å². The summed E-state index contributed by atoms with van der Waals surface area (Å²) in [5.74, 6) is -0.262. The number of hydrogen-bond acceptors (Lipinski definition) is 3. The molecule has 0 saturated heterocycles. The van der Waals surface area contributed by atoms with Crippen molar-refractivity contribution in [2.45, 2.75) is 32.0 Å². The molecule has 16 heavy (non-hydrogen) atoms. The number of carbonyl (C=O) groups excluding carboxylic acids is 1. The Hall–Kier alpha value is -1.60. The normalized spacial score (nSPS) is 13.5. The van der Waals surface area contributed by atoms with E-state index in [0.717, 1.165) is 0 Å². The molecule has 0 spiro atoms. The second-order valence-corrected chi connectivity index (χ2v) is 3.28. The van der Waals surface area contributed by atoms with E-state index in [2.05, 4.69) is 20.5 Å². The molecule has 0 radical (unpaired) electrons. The molecule has 0 aliphatic rings. The predicted octanol–water partition coefficient (Wildman–Crippen LogP) is 1.32. The minimum Gasteiger partial charge on any atom is -0.346 e. The summed E-state index contributed by atoms with van der Waals surface area (Å²) in [4.78, 5) is 14.9. The summed E-state index contributed by atoms with van der Waals surface area (Å²) in [7, 11) is 0. The predicted molar refractivity (Wildman–Crippen MR) is 48.2 cm³/mol. The topological polar surface area (TPSA) is 70.7 Å². The largest absolute Gasteiger partial charge is 0.389 e. The molecular weight excluding hydrogens is 225 g/mol. The van der Waals surface area contributed by atoms with Gasteiger partial charge in [0, 0.05) is 6.42 Å². The van der Waals surface area contributed by atoms with Crippen LogP contribution in [0.1, 0.15) is 31.6 Å². The maximum Gasteiger partial charge on any atom is 0.389 e. The van der Waals surface area contributed by atoms with Crippen molar-refractivity contribution in [1.29, 1.82) is 0 Å². The fraction of sp³-hybridized carbons (Fsp3) is 0.625. The summed E-state index contributed by atoms with van der Waals surface area (Å²) < 4.78 is 35.5. The van der Waals surface area contributed by atoms with Gasteiger partial charge in [0.25, 0.3) is 0 Å². The minimum atomic E-state index is -4.31. The average Bonchev–Trinajstić information content (AvgIpc) is 2.66. The van der Waals surface area contributed by atoms with E-state index in [9.17, 15) is 18.0 Å². The Morgan fingerprint density at radius 3 is 2.81 bits per heavy atom. The lowest BCUT2D eigenvalue weighted by molar-refractivity contribution is -0.144. The lowest BCUT2D eigenvalue weighted by Crippen LogP contribution is -2.28. The van der Waals surface area contributed by atoms with Crippen LogP contribution in [0.4, 0.5) is 13.2 Å². The standard InChI is InChI=1S/C8H11F3N4O/c1-5(7-12-4-13-15-7)14-6(16)2-3-8(9,10)11/h4-5H,2-3H2,1H3,(H,14,16)(H,12,13,15). The summed E-state index contributed by atoms with van der Waals surface area (Å²) in [5.41, 5.74) is 0. The van der Waals surface area contributed by atoms with Crippen molar-refractivity contribution in [3.8, 4) is 0 Å². The van der Waals surface area contributed by atoms with Gasteiger partial charge in [-0.15, -0.1) is 0 Å². The van der Waals surface area contributed by atoms with Gasteiger partial charge in [-0.25, -0.2) is 4.98 Å². The molecule has 0 aliphatic heterocycles. The van der Waals surface area contributed by atoms with Gasteiger partial charge < -0.3 is 5.32 Å². The van der Waals surface area contributed by atoms with Crippen LogP contribution < -0.4 is 5.32 Å². The first-order chi connectivity index (χ1) is 7.38. The monoisotopic (exact) mass is 236 g/mol. The number of amides is 1. The Bertz CT molecular complexity index is 336. The van der Waals surface area contributed by atoms with Gasteiger partial charge in [0.2, 0.25) is 5.91 Å². The number of H-pyrrole nitrogens is 1. The van der Waals surface area contributed by atoms with Crippen LogP contribution >= 0.6 is 0 Å². The zero-order chi connectivity index (χ0) is 12.2. The Balaban J connectivity index is 2.35. The SMILES string of the molecule is CC(NC(=O)CCC(F)(F)F)c1ncn[nH]1. The first kappa shape index (κ1) is 12.5. The van der Waals surface area contributed by atoms with Crippen LogP contribution in [-0.2, 0) is 4.79 Å². The molecule has 1 unspecified atom stereocenters. The third-order valence-electron chi connectivity index (χ3n) is 1.86. The Kier molecular flexibility index (Phi) is 3.86. The molecule has 1 heterocycles. The fourth-order valence-electron chi connectivity index (χ4n) is 1.06. The molecule has 5 nitrogen and oxygen atoms in total. The lowest BCUT2D eigenvalue weighted by atomic mass is 10.2.